The van der Waals surface area contributed by atoms with Crippen molar-refractivity contribution in [1.29, 1.82) is 5.26 Å². The molecule has 2 N–H and O–H groups in total. The van der Waals surface area contributed by atoms with E-state index in [2.05, 4.69) is 26.7 Å². The Morgan fingerprint density at radius 2 is 1.94 bits per heavy atom. The number of aryl methyl sites for hydroxylation is 1. The Labute approximate surface area is 194 Å². The zero-order valence-electron chi connectivity index (χ0n) is 18.7. The second-order valence-corrected chi connectivity index (χ2v) is 8.39. The Morgan fingerprint density at radius 3 is 2.56 bits per heavy atom. The van der Waals surface area contributed by atoms with Crippen molar-refractivity contribution in [2.45, 2.75) is 57.4 Å². The summed E-state index contributed by atoms with van der Waals surface area (Å²) < 4.78 is 52.3. The molecule has 0 unspecified atom stereocenters. The second-order valence-electron chi connectivity index (χ2n) is 8.39. The summed E-state index contributed by atoms with van der Waals surface area (Å²) in [6.07, 6.45) is -2.77. The normalized spacial score (nSPS) is 17.9. The van der Waals surface area contributed by atoms with Crippen LogP contribution in [0.2, 0.25) is 0 Å². The van der Waals surface area contributed by atoms with Crippen molar-refractivity contribution in [1.82, 2.24) is 15.3 Å². The summed E-state index contributed by atoms with van der Waals surface area (Å²) in [4.78, 5) is 21.5. The Morgan fingerprint density at radius 1 is 1.26 bits per heavy atom. The molecule has 180 valence electrons. The molecule has 0 radical (unpaired) electrons. The van der Waals surface area contributed by atoms with Crippen molar-refractivity contribution in [2.75, 3.05) is 18.5 Å². The number of amides is 1. The fourth-order valence-electron chi connectivity index (χ4n) is 3.86. The monoisotopic (exact) mass is 475 g/mol. The maximum Gasteiger partial charge on any atom is 0.266 e. The highest BCUT2D eigenvalue weighted by Gasteiger charge is 2.44. The lowest BCUT2D eigenvalue weighted by atomic mass is 10.0. The predicted octanol–water partition coefficient (Wildman–Crippen LogP) is 3.80. The van der Waals surface area contributed by atoms with Crippen LogP contribution in [0.5, 0.6) is 0 Å². The third-order valence-corrected chi connectivity index (χ3v) is 5.78. The van der Waals surface area contributed by atoms with Gasteiger partial charge >= 0.3 is 0 Å². The van der Waals surface area contributed by atoms with Crippen LogP contribution in [0.15, 0.2) is 18.2 Å². The third-order valence-electron chi connectivity index (χ3n) is 5.78. The van der Waals surface area contributed by atoms with Crippen LogP contribution >= 0.6 is 0 Å². The van der Waals surface area contributed by atoms with Crippen LogP contribution in [0.1, 0.15) is 66.7 Å². The SMILES string of the molecule is Cc1nc(CC(=O)NC2(C#N)CC2)c(C2OCCO2)c(N[C@H](C)c2cccc(C(F)F)c2F)n1. The molecule has 1 atom stereocenters. The minimum atomic E-state index is -2.95. The molecule has 2 fully saturated rings. The molecule has 8 nitrogen and oxygen atoms in total. The maximum atomic E-state index is 14.7. The van der Waals surface area contributed by atoms with Crippen LogP contribution in [0.4, 0.5) is 19.0 Å². The molecule has 1 aromatic heterocycles. The predicted molar refractivity (Wildman–Crippen MR) is 114 cm³/mol. The first kappa shape index (κ1) is 23.9. The van der Waals surface area contributed by atoms with E-state index in [1.165, 1.54) is 12.1 Å². The van der Waals surface area contributed by atoms with Gasteiger partial charge in [0, 0.05) is 5.56 Å². The van der Waals surface area contributed by atoms with Gasteiger partial charge in [0.05, 0.1) is 48.6 Å². The maximum absolute atomic E-state index is 14.7. The molecule has 0 bridgehead atoms. The standard InChI is InChI=1S/C23H24F3N5O3/c1-12(14-4-3-5-15(19(14)24)20(25)26)28-21-18(22-33-8-9-34-22)16(29-13(2)30-21)10-17(32)31-23(11-27)6-7-23/h3-5,12,20,22H,6-10H2,1-2H3,(H,31,32)(H,28,29,30)/t12-/m1/s1. The van der Waals surface area contributed by atoms with Crippen molar-refractivity contribution in [3.05, 3.63) is 52.2 Å². The molecule has 1 aliphatic carbocycles. The number of hydrogen-bond acceptors (Lipinski definition) is 7. The molecule has 1 saturated heterocycles. The highest BCUT2D eigenvalue weighted by molar-refractivity contribution is 5.80. The number of carbonyl (C=O) groups excluding carboxylic acids is 1. The summed E-state index contributed by atoms with van der Waals surface area (Å²) in [6.45, 7) is 3.89. The molecule has 2 aliphatic rings. The van der Waals surface area contributed by atoms with Gasteiger partial charge in [-0.3, -0.25) is 4.79 Å². The third kappa shape index (κ3) is 4.98. The summed E-state index contributed by atoms with van der Waals surface area (Å²) in [5.41, 5.74) is -0.768. The number of ether oxygens (including phenoxy) is 2. The van der Waals surface area contributed by atoms with Crippen LogP contribution in [-0.2, 0) is 20.7 Å². The minimum Gasteiger partial charge on any atom is -0.363 e. The Kier molecular flexibility index (Phi) is 6.72. The average Bonchev–Trinajstić information content (AvgIpc) is 3.33. The van der Waals surface area contributed by atoms with Gasteiger partial charge in [0.1, 0.15) is 23.0 Å². The number of carbonyl (C=O) groups is 1. The van der Waals surface area contributed by atoms with E-state index in [1.54, 1.807) is 13.8 Å². The topological polar surface area (TPSA) is 109 Å². The van der Waals surface area contributed by atoms with E-state index in [0.717, 1.165) is 6.07 Å². The first-order valence-corrected chi connectivity index (χ1v) is 10.9. The van der Waals surface area contributed by atoms with Crippen LogP contribution in [-0.4, -0.2) is 34.6 Å². The number of benzene rings is 1. The molecule has 1 aliphatic heterocycles. The molecule has 34 heavy (non-hydrogen) atoms. The number of nitrogens with one attached hydrogen (secondary N) is 2. The van der Waals surface area contributed by atoms with Gasteiger partial charge in [-0.2, -0.15) is 5.26 Å². The van der Waals surface area contributed by atoms with Gasteiger partial charge in [-0.05, 0) is 26.7 Å². The lowest BCUT2D eigenvalue weighted by Crippen LogP contribution is -2.37. The van der Waals surface area contributed by atoms with Crippen LogP contribution in [0, 0.1) is 24.1 Å². The van der Waals surface area contributed by atoms with E-state index in [-0.39, 0.29) is 23.7 Å². The van der Waals surface area contributed by atoms with Gasteiger partial charge in [0.15, 0.2) is 6.29 Å². The first-order valence-electron chi connectivity index (χ1n) is 10.9. The summed E-state index contributed by atoms with van der Waals surface area (Å²) in [5.74, 6) is -0.796. The zero-order valence-corrected chi connectivity index (χ0v) is 18.7. The Bertz CT molecular complexity index is 1130. The Hall–Kier alpha value is -3.23. The fraction of sp³-hybridized carbons (Fsp3) is 0.478. The molecule has 11 heteroatoms. The number of alkyl halides is 2. The number of nitrogens with zero attached hydrogens (tertiary/aromatic N) is 3. The van der Waals surface area contributed by atoms with Gasteiger partial charge in [0.25, 0.3) is 6.43 Å². The molecule has 0 spiro atoms. The number of halogens is 3. The molecule has 2 heterocycles. The second kappa shape index (κ2) is 9.56. The molecular formula is C23H24F3N5O3. The lowest BCUT2D eigenvalue weighted by molar-refractivity contribution is -0.121. The Balaban J connectivity index is 1.66. The van der Waals surface area contributed by atoms with Gasteiger partial charge < -0.3 is 20.1 Å². The van der Waals surface area contributed by atoms with Gasteiger partial charge in [-0.25, -0.2) is 23.1 Å². The quantitative estimate of drug-likeness (QED) is 0.598. The van der Waals surface area contributed by atoms with Crippen molar-refractivity contribution < 1.29 is 27.4 Å². The van der Waals surface area contributed by atoms with Crippen molar-refractivity contribution in [2.24, 2.45) is 0 Å². The first-order chi connectivity index (χ1) is 16.2. The largest absolute Gasteiger partial charge is 0.363 e. The number of anilines is 1. The van der Waals surface area contributed by atoms with Crippen LogP contribution in [0.3, 0.4) is 0 Å². The van der Waals surface area contributed by atoms with E-state index in [0.29, 0.717) is 43.1 Å². The number of aromatic nitrogens is 2. The van der Waals surface area contributed by atoms with Crippen LogP contribution in [0.25, 0.3) is 0 Å². The van der Waals surface area contributed by atoms with Gasteiger partial charge in [0.2, 0.25) is 5.91 Å². The summed E-state index contributed by atoms with van der Waals surface area (Å²) in [7, 11) is 0. The summed E-state index contributed by atoms with van der Waals surface area (Å²) >= 11 is 0. The fourth-order valence-corrected chi connectivity index (χ4v) is 3.86. The minimum absolute atomic E-state index is 0.0391. The summed E-state index contributed by atoms with van der Waals surface area (Å²) in [5, 5.41) is 15.0. The molecular weight excluding hydrogens is 451 g/mol. The number of rotatable bonds is 8. The molecule has 1 amide bonds. The average molecular weight is 475 g/mol. The molecule has 1 saturated carbocycles. The van der Waals surface area contributed by atoms with E-state index < -0.39 is 35.7 Å². The molecule has 1 aromatic carbocycles. The van der Waals surface area contributed by atoms with Crippen molar-refractivity contribution >= 4 is 11.7 Å². The van der Waals surface area contributed by atoms with E-state index >= 15 is 0 Å². The van der Waals surface area contributed by atoms with Gasteiger partial charge in [-0.15, -0.1) is 0 Å². The van der Waals surface area contributed by atoms with E-state index in [1.807, 2.05) is 0 Å². The number of nitriles is 1. The van der Waals surface area contributed by atoms with Crippen molar-refractivity contribution in [3.63, 3.8) is 0 Å². The van der Waals surface area contributed by atoms with Crippen LogP contribution < -0.4 is 10.6 Å². The highest BCUT2D eigenvalue weighted by Crippen LogP contribution is 2.36. The lowest BCUT2D eigenvalue weighted by Gasteiger charge is -2.23. The smallest absolute Gasteiger partial charge is 0.266 e. The molecule has 4 rings (SSSR count). The van der Waals surface area contributed by atoms with E-state index in [4.69, 9.17) is 9.47 Å². The van der Waals surface area contributed by atoms with Gasteiger partial charge in [-0.1, -0.05) is 18.2 Å². The van der Waals surface area contributed by atoms with E-state index in [9.17, 15) is 23.2 Å². The van der Waals surface area contributed by atoms with Crippen molar-refractivity contribution in [3.8, 4) is 6.07 Å². The number of hydrogen-bond donors (Lipinski definition) is 2. The summed E-state index contributed by atoms with van der Waals surface area (Å²) in [6, 6.07) is 5.19. The molecule has 2 aromatic rings. The zero-order chi connectivity index (χ0) is 24.5. The highest BCUT2D eigenvalue weighted by atomic mass is 19.3.